The minimum absolute atomic E-state index is 0.165. The Morgan fingerprint density at radius 1 is 1.25 bits per heavy atom. The van der Waals surface area contributed by atoms with Gasteiger partial charge in [0.25, 0.3) is 5.91 Å². The van der Waals surface area contributed by atoms with Crippen molar-refractivity contribution in [1.82, 2.24) is 0 Å². The molecular weight excluding hydrogens is 275 g/mol. The second-order valence-electron chi connectivity index (χ2n) is 4.50. The number of nitrogens with one attached hydrogen (secondary N) is 2. The molecule has 0 aliphatic carbocycles. The summed E-state index contributed by atoms with van der Waals surface area (Å²) in [6, 6.07) is 11.7. The number of amides is 1. The van der Waals surface area contributed by atoms with Gasteiger partial charge in [-0.2, -0.15) is 0 Å². The van der Waals surface area contributed by atoms with E-state index in [0.29, 0.717) is 5.69 Å². The Morgan fingerprint density at radius 3 is 2.85 bits per heavy atom. The van der Waals surface area contributed by atoms with E-state index in [1.165, 1.54) is 12.1 Å². The zero-order chi connectivity index (χ0) is 14.1. The summed E-state index contributed by atoms with van der Waals surface area (Å²) < 4.78 is 13.2. The topological polar surface area (TPSA) is 41.1 Å². The summed E-state index contributed by atoms with van der Waals surface area (Å²) in [4.78, 5) is 13.1. The second kappa shape index (κ2) is 5.17. The van der Waals surface area contributed by atoms with Crippen LogP contribution in [0.2, 0.25) is 0 Å². The summed E-state index contributed by atoms with van der Waals surface area (Å²) >= 11 is 1.61. The molecule has 3 nitrogen and oxygen atoms in total. The molecule has 1 heterocycles. The number of thioether (sulfide) groups is 1. The number of benzene rings is 2. The first-order valence-corrected chi connectivity index (χ1v) is 7.41. The molecule has 1 aliphatic heterocycles. The van der Waals surface area contributed by atoms with Crippen LogP contribution >= 0.6 is 11.8 Å². The van der Waals surface area contributed by atoms with Gasteiger partial charge >= 0.3 is 0 Å². The normalized spacial score (nSPS) is 16.7. The lowest BCUT2D eigenvalue weighted by Crippen LogP contribution is -2.19. The van der Waals surface area contributed by atoms with E-state index >= 15 is 0 Å². The van der Waals surface area contributed by atoms with Crippen LogP contribution < -0.4 is 10.6 Å². The van der Waals surface area contributed by atoms with Crippen LogP contribution in [-0.2, 0) is 4.79 Å². The molecule has 1 aliphatic rings. The first-order chi connectivity index (χ1) is 9.69. The average Bonchev–Trinajstić information content (AvgIpc) is 2.75. The Hall–Kier alpha value is -2.01. The third-order valence-corrected chi connectivity index (χ3v) is 4.05. The highest BCUT2D eigenvalue weighted by Crippen LogP contribution is 2.35. The molecule has 0 saturated heterocycles. The van der Waals surface area contributed by atoms with Gasteiger partial charge in [0, 0.05) is 21.8 Å². The van der Waals surface area contributed by atoms with Crippen molar-refractivity contribution in [3.05, 3.63) is 53.8 Å². The van der Waals surface area contributed by atoms with E-state index in [-0.39, 0.29) is 11.7 Å². The molecule has 2 aromatic carbocycles. The van der Waals surface area contributed by atoms with Gasteiger partial charge in [-0.1, -0.05) is 18.2 Å². The smallest absolute Gasteiger partial charge is 0.251 e. The Labute approximate surface area is 120 Å². The van der Waals surface area contributed by atoms with Gasteiger partial charge in [0.05, 0.1) is 0 Å². The first-order valence-electron chi connectivity index (χ1n) is 6.19. The van der Waals surface area contributed by atoms with E-state index in [4.69, 9.17) is 0 Å². The number of halogens is 1. The first kappa shape index (κ1) is 13.0. The van der Waals surface area contributed by atoms with Crippen LogP contribution in [0.5, 0.6) is 0 Å². The molecule has 3 rings (SSSR count). The molecule has 0 aromatic heterocycles. The maximum absolute atomic E-state index is 13.2. The van der Waals surface area contributed by atoms with E-state index in [1.807, 2.05) is 30.5 Å². The van der Waals surface area contributed by atoms with Crippen LogP contribution in [-0.4, -0.2) is 12.2 Å². The molecule has 1 amide bonds. The van der Waals surface area contributed by atoms with Crippen LogP contribution in [0, 0.1) is 5.82 Å². The van der Waals surface area contributed by atoms with Crippen molar-refractivity contribution < 1.29 is 9.18 Å². The van der Waals surface area contributed by atoms with Crippen LogP contribution in [0.3, 0.4) is 0 Å². The van der Waals surface area contributed by atoms with E-state index in [2.05, 4.69) is 10.6 Å². The van der Waals surface area contributed by atoms with Crippen LogP contribution in [0.1, 0.15) is 11.6 Å². The molecule has 2 N–H and O–H groups in total. The highest BCUT2D eigenvalue weighted by molar-refractivity contribution is 7.98. The van der Waals surface area contributed by atoms with E-state index in [1.54, 1.807) is 17.8 Å². The predicted octanol–water partition coefficient (Wildman–Crippen LogP) is 3.65. The zero-order valence-electron chi connectivity index (χ0n) is 10.8. The van der Waals surface area contributed by atoms with Crippen molar-refractivity contribution in [2.45, 2.75) is 10.9 Å². The van der Waals surface area contributed by atoms with Crippen LogP contribution in [0.4, 0.5) is 15.8 Å². The van der Waals surface area contributed by atoms with Crippen molar-refractivity contribution in [2.75, 3.05) is 16.9 Å². The number of hydrogen-bond donors (Lipinski definition) is 2. The number of hydrogen-bond acceptors (Lipinski definition) is 3. The lowest BCUT2D eigenvalue weighted by Gasteiger charge is -2.15. The molecular formula is C15H13FN2OS. The molecule has 1 unspecified atom stereocenters. The predicted molar refractivity (Wildman–Crippen MR) is 79.6 cm³/mol. The number of carbonyl (C=O) groups excluding carboxylic acids is 1. The van der Waals surface area contributed by atoms with E-state index in [0.717, 1.165) is 16.1 Å². The molecule has 0 spiro atoms. The lowest BCUT2D eigenvalue weighted by atomic mass is 10.1. The van der Waals surface area contributed by atoms with E-state index < -0.39 is 6.04 Å². The molecule has 0 saturated carbocycles. The highest BCUT2D eigenvalue weighted by Gasteiger charge is 2.31. The van der Waals surface area contributed by atoms with Gasteiger partial charge in [-0.25, -0.2) is 4.39 Å². The summed E-state index contributed by atoms with van der Waals surface area (Å²) in [5, 5.41) is 5.93. The lowest BCUT2D eigenvalue weighted by molar-refractivity contribution is -0.116. The van der Waals surface area contributed by atoms with Crippen molar-refractivity contribution in [2.24, 2.45) is 0 Å². The van der Waals surface area contributed by atoms with Crippen molar-refractivity contribution in [3.63, 3.8) is 0 Å². The minimum Gasteiger partial charge on any atom is -0.369 e. The molecule has 5 heteroatoms. The van der Waals surface area contributed by atoms with Gasteiger partial charge in [-0.15, -0.1) is 11.8 Å². The minimum atomic E-state index is -0.487. The third-order valence-electron chi connectivity index (χ3n) is 3.25. The summed E-state index contributed by atoms with van der Waals surface area (Å²) in [7, 11) is 0. The fourth-order valence-electron chi connectivity index (χ4n) is 2.30. The summed E-state index contributed by atoms with van der Waals surface area (Å²) in [6.45, 7) is 0. The molecule has 20 heavy (non-hydrogen) atoms. The summed E-state index contributed by atoms with van der Waals surface area (Å²) in [5.41, 5.74) is 2.21. The van der Waals surface area contributed by atoms with E-state index in [9.17, 15) is 9.18 Å². The highest BCUT2D eigenvalue weighted by atomic mass is 32.2. The summed E-state index contributed by atoms with van der Waals surface area (Å²) in [5.74, 6) is -0.518. The number of para-hydroxylation sites is 1. The van der Waals surface area contributed by atoms with Gasteiger partial charge in [0.1, 0.15) is 11.9 Å². The van der Waals surface area contributed by atoms with Crippen molar-refractivity contribution in [1.29, 1.82) is 0 Å². The monoisotopic (exact) mass is 288 g/mol. The molecule has 2 aromatic rings. The van der Waals surface area contributed by atoms with Gasteiger partial charge in [-0.05, 0) is 30.5 Å². The number of rotatable bonds is 3. The third kappa shape index (κ3) is 2.25. The molecule has 1 atom stereocenters. The Kier molecular flexibility index (Phi) is 3.36. The fraction of sp³-hybridized carbons (Fsp3) is 0.133. The van der Waals surface area contributed by atoms with Gasteiger partial charge < -0.3 is 10.6 Å². The molecule has 0 bridgehead atoms. The number of anilines is 2. The van der Waals surface area contributed by atoms with Crippen LogP contribution in [0.15, 0.2) is 47.4 Å². The number of fused-ring (bicyclic) bond motifs is 1. The average molecular weight is 288 g/mol. The molecule has 0 radical (unpaired) electrons. The summed E-state index contributed by atoms with van der Waals surface area (Å²) in [6.07, 6.45) is 1.98. The Morgan fingerprint density at radius 2 is 2.05 bits per heavy atom. The van der Waals surface area contributed by atoms with Gasteiger partial charge in [-0.3, -0.25) is 4.79 Å². The SMILES string of the molecule is CSc1ccccc1NC1C(=O)Nc2cc(F)ccc21. The van der Waals surface area contributed by atoms with Crippen molar-refractivity contribution >= 4 is 29.0 Å². The second-order valence-corrected chi connectivity index (χ2v) is 5.35. The Balaban J connectivity index is 1.94. The zero-order valence-corrected chi connectivity index (χ0v) is 11.6. The van der Waals surface area contributed by atoms with Gasteiger partial charge in [0.15, 0.2) is 0 Å². The molecule has 102 valence electrons. The van der Waals surface area contributed by atoms with Gasteiger partial charge in [0.2, 0.25) is 0 Å². The maximum Gasteiger partial charge on any atom is 0.251 e. The largest absolute Gasteiger partial charge is 0.369 e. The fourth-order valence-corrected chi connectivity index (χ4v) is 2.86. The number of carbonyl (C=O) groups is 1. The van der Waals surface area contributed by atoms with Crippen LogP contribution in [0.25, 0.3) is 0 Å². The molecule has 0 fully saturated rings. The van der Waals surface area contributed by atoms with Crippen molar-refractivity contribution in [3.8, 4) is 0 Å². The quantitative estimate of drug-likeness (QED) is 0.847. The Bertz CT molecular complexity index is 675. The maximum atomic E-state index is 13.2. The standard InChI is InChI=1S/C15H13FN2OS/c1-20-13-5-3-2-4-11(13)17-14-10-7-6-9(16)8-12(10)18-15(14)19/h2-8,14,17H,1H3,(H,18,19).